The fourth-order valence-electron chi connectivity index (χ4n) is 0.450. The molecule has 0 fully saturated rings. The van der Waals surface area contributed by atoms with E-state index in [1.165, 1.54) is 0 Å². The van der Waals surface area contributed by atoms with Crippen molar-refractivity contribution in [1.29, 1.82) is 0 Å². The molecule has 0 unspecified atom stereocenters. The molecule has 0 aliphatic rings. The van der Waals surface area contributed by atoms with Crippen LogP contribution in [0, 0.1) is 0 Å². The van der Waals surface area contributed by atoms with Gasteiger partial charge < -0.3 is 4.79 Å². The summed E-state index contributed by atoms with van der Waals surface area (Å²) >= 11 is 0. The highest BCUT2D eigenvalue weighted by Gasteiger charge is 1.95. The summed E-state index contributed by atoms with van der Waals surface area (Å²) in [6, 6.07) is 0. The molecule has 0 aliphatic heterocycles. The van der Waals surface area contributed by atoms with Gasteiger partial charge in [0, 0.05) is 6.42 Å². The molecule has 0 aliphatic carbocycles. The molecular weight excluding hydrogens is 98.9 g/mol. The predicted octanol–water partition coefficient (Wildman–Crippen LogP) is 1.53. The monoisotopic (exact) mass is 111 g/mol. The van der Waals surface area contributed by atoms with E-state index < -0.39 is 0 Å². The maximum atomic E-state index is 10.5. The Labute approximate surface area is 51.7 Å². The van der Waals surface area contributed by atoms with Crippen LogP contribution in [0.15, 0.2) is 0 Å². The van der Waals surface area contributed by atoms with E-state index in [4.69, 9.17) is 0 Å². The lowest BCUT2D eigenvalue weighted by atomic mass is 9.70. The summed E-state index contributed by atoms with van der Waals surface area (Å²) in [5.74, 6) is 0.340. The van der Waals surface area contributed by atoms with Gasteiger partial charge in [-0.1, -0.05) is 20.2 Å². The Kier molecular flexibility index (Phi) is 4.72. The quantitative estimate of drug-likeness (QED) is 0.502. The molecule has 0 aromatic carbocycles. The largest absolute Gasteiger partial charge is 0.301 e. The van der Waals surface area contributed by atoms with Crippen molar-refractivity contribution >= 4 is 13.1 Å². The molecule has 1 radical (unpaired) electrons. The Balaban J connectivity index is 2.99. The standard InChI is InChI=1S/C6H12BO/c1-3-6(8)5-7-4-2/h3-5H2,1-2H3. The molecule has 0 rings (SSSR count). The average Bonchev–Trinajstić information content (AvgIpc) is 1.83. The predicted molar refractivity (Wildman–Crippen MR) is 36.3 cm³/mol. The maximum absolute atomic E-state index is 10.5. The van der Waals surface area contributed by atoms with Gasteiger partial charge in [-0.25, -0.2) is 0 Å². The van der Waals surface area contributed by atoms with Crippen LogP contribution in [0.1, 0.15) is 20.3 Å². The van der Waals surface area contributed by atoms with Crippen LogP contribution < -0.4 is 0 Å². The van der Waals surface area contributed by atoms with Crippen LogP contribution in [0.4, 0.5) is 0 Å². The second kappa shape index (κ2) is 4.88. The zero-order chi connectivity index (χ0) is 6.41. The molecule has 2 heteroatoms. The highest BCUT2D eigenvalue weighted by Crippen LogP contribution is 1.89. The van der Waals surface area contributed by atoms with Crippen molar-refractivity contribution in [3.63, 3.8) is 0 Å². The molecule has 0 heterocycles. The molecule has 45 valence electrons. The lowest BCUT2D eigenvalue weighted by molar-refractivity contribution is -0.116. The normalized spacial score (nSPS) is 8.75. The zero-order valence-corrected chi connectivity index (χ0v) is 5.61. The molecule has 0 saturated heterocycles. The van der Waals surface area contributed by atoms with E-state index in [2.05, 4.69) is 0 Å². The fourth-order valence-corrected chi connectivity index (χ4v) is 0.450. The summed E-state index contributed by atoms with van der Waals surface area (Å²) in [7, 11) is 2.01. The Morgan fingerprint density at radius 1 is 1.50 bits per heavy atom. The molecule has 0 amide bonds. The van der Waals surface area contributed by atoms with Gasteiger partial charge in [0.25, 0.3) is 0 Å². The highest BCUT2D eigenvalue weighted by molar-refractivity contribution is 6.41. The van der Waals surface area contributed by atoms with E-state index in [9.17, 15) is 4.79 Å². The summed E-state index contributed by atoms with van der Waals surface area (Å²) in [6.45, 7) is 3.94. The number of Topliss-reactive ketones (excluding diaryl/α,β-unsaturated/α-hetero) is 1. The lowest BCUT2D eigenvalue weighted by Crippen LogP contribution is -1.98. The van der Waals surface area contributed by atoms with E-state index in [1.54, 1.807) is 0 Å². The second-order valence-electron chi connectivity index (χ2n) is 1.79. The third-order valence-corrected chi connectivity index (χ3v) is 1.06. The van der Waals surface area contributed by atoms with Crippen LogP contribution >= 0.6 is 0 Å². The smallest absolute Gasteiger partial charge is 0.124 e. The van der Waals surface area contributed by atoms with E-state index in [0.717, 1.165) is 6.32 Å². The van der Waals surface area contributed by atoms with Crippen LogP contribution in [0.5, 0.6) is 0 Å². The van der Waals surface area contributed by atoms with Crippen LogP contribution in [0.3, 0.4) is 0 Å². The van der Waals surface area contributed by atoms with Gasteiger partial charge in [-0.2, -0.15) is 0 Å². The van der Waals surface area contributed by atoms with Crippen molar-refractivity contribution < 1.29 is 4.79 Å². The minimum atomic E-state index is 0.340. The molecule has 1 nitrogen and oxygen atoms in total. The second-order valence-corrected chi connectivity index (χ2v) is 1.79. The van der Waals surface area contributed by atoms with E-state index >= 15 is 0 Å². The first kappa shape index (κ1) is 7.73. The summed E-state index contributed by atoms with van der Waals surface area (Å²) in [5, 5.41) is 0. The van der Waals surface area contributed by atoms with Crippen LogP contribution in [0.25, 0.3) is 0 Å². The minimum Gasteiger partial charge on any atom is -0.301 e. The third kappa shape index (κ3) is 3.91. The average molecular weight is 111 g/mol. The van der Waals surface area contributed by atoms with Crippen LogP contribution in [-0.2, 0) is 4.79 Å². The van der Waals surface area contributed by atoms with Gasteiger partial charge >= 0.3 is 0 Å². The summed E-state index contributed by atoms with van der Waals surface area (Å²) in [6.07, 6.45) is 2.34. The van der Waals surface area contributed by atoms with Gasteiger partial charge in [0.05, 0.1) is 0 Å². The van der Waals surface area contributed by atoms with Crippen LogP contribution in [0.2, 0.25) is 12.6 Å². The summed E-state index contributed by atoms with van der Waals surface area (Å²) < 4.78 is 0. The van der Waals surface area contributed by atoms with E-state index in [0.29, 0.717) is 18.5 Å². The molecule has 0 N–H and O–H groups in total. The fraction of sp³-hybridized carbons (Fsp3) is 0.833. The Bertz CT molecular complexity index is 70.9. The van der Waals surface area contributed by atoms with Crippen molar-refractivity contribution in [3.8, 4) is 0 Å². The number of ketones is 1. The van der Waals surface area contributed by atoms with Gasteiger partial charge in [0.2, 0.25) is 0 Å². The maximum Gasteiger partial charge on any atom is 0.124 e. The first-order valence-corrected chi connectivity index (χ1v) is 3.14. The molecule has 0 bridgehead atoms. The van der Waals surface area contributed by atoms with Gasteiger partial charge in [0.1, 0.15) is 13.1 Å². The third-order valence-electron chi connectivity index (χ3n) is 1.06. The molecule has 0 aromatic rings. The van der Waals surface area contributed by atoms with Crippen molar-refractivity contribution in [2.45, 2.75) is 32.9 Å². The van der Waals surface area contributed by atoms with Gasteiger partial charge in [-0.3, -0.25) is 0 Å². The Morgan fingerprint density at radius 2 is 2.12 bits per heavy atom. The number of carbonyl (C=O) groups is 1. The molecule has 0 saturated carbocycles. The molecule has 0 spiro atoms. The first-order valence-electron chi connectivity index (χ1n) is 3.14. The van der Waals surface area contributed by atoms with E-state index in [-0.39, 0.29) is 0 Å². The van der Waals surface area contributed by atoms with Crippen molar-refractivity contribution in [1.82, 2.24) is 0 Å². The molecule has 8 heavy (non-hydrogen) atoms. The number of hydrogen-bond acceptors (Lipinski definition) is 1. The highest BCUT2D eigenvalue weighted by atomic mass is 16.1. The van der Waals surface area contributed by atoms with Crippen molar-refractivity contribution in [3.05, 3.63) is 0 Å². The van der Waals surface area contributed by atoms with Crippen molar-refractivity contribution in [2.24, 2.45) is 0 Å². The van der Waals surface area contributed by atoms with Crippen LogP contribution in [-0.4, -0.2) is 13.1 Å². The summed E-state index contributed by atoms with van der Waals surface area (Å²) in [5.41, 5.74) is 0. The van der Waals surface area contributed by atoms with Gasteiger partial charge in [-0.15, -0.1) is 0 Å². The molecular formula is C6H12BO. The number of carbonyl (C=O) groups excluding carboxylic acids is 1. The first-order chi connectivity index (χ1) is 3.81. The topological polar surface area (TPSA) is 17.1 Å². The SMILES string of the molecule is CC[B]CC(=O)CC. The molecule has 0 aromatic heterocycles. The Hall–Kier alpha value is -0.265. The minimum absolute atomic E-state index is 0.340. The number of hydrogen-bond donors (Lipinski definition) is 0. The lowest BCUT2D eigenvalue weighted by Gasteiger charge is -1.89. The van der Waals surface area contributed by atoms with Gasteiger partial charge in [-0.05, 0) is 6.32 Å². The van der Waals surface area contributed by atoms with Crippen molar-refractivity contribution in [2.75, 3.05) is 0 Å². The van der Waals surface area contributed by atoms with Gasteiger partial charge in [0.15, 0.2) is 0 Å². The number of rotatable bonds is 4. The zero-order valence-electron chi connectivity index (χ0n) is 5.61. The molecule has 0 atom stereocenters. The Morgan fingerprint density at radius 3 is 2.50 bits per heavy atom. The van der Waals surface area contributed by atoms with E-state index in [1.807, 2.05) is 21.1 Å². The summed E-state index contributed by atoms with van der Waals surface area (Å²) in [4.78, 5) is 10.5.